The molecule has 1 rings (SSSR count). The molecular weight excluding hydrogens is 172 g/mol. The summed E-state index contributed by atoms with van der Waals surface area (Å²) in [5.74, 6) is 0. The summed E-state index contributed by atoms with van der Waals surface area (Å²) in [4.78, 5) is 0. The molecule has 0 aliphatic heterocycles. The van der Waals surface area contributed by atoms with Crippen LogP contribution in [0, 0.1) is 0 Å². The van der Waals surface area contributed by atoms with Crippen LogP contribution in [0.4, 0.5) is 0 Å². The first kappa shape index (κ1) is 11.2. The average molecular weight is 192 g/mol. The zero-order chi connectivity index (χ0) is 10.2. The molecule has 0 amide bonds. The highest BCUT2D eigenvalue weighted by molar-refractivity contribution is 5.27. The number of rotatable bonds is 6. The summed E-state index contributed by atoms with van der Waals surface area (Å²) in [5.41, 5.74) is 2.87. The van der Waals surface area contributed by atoms with E-state index in [1.165, 1.54) is 11.1 Å². The van der Waals surface area contributed by atoms with E-state index >= 15 is 0 Å². The van der Waals surface area contributed by atoms with Crippen molar-refractivity contribution in [2.45, 2.75) is 19.9 Å². The van der Waals surface area contributed by atoms with Crippen molar-refractivity contribution in [3.05, 3.63) is 35.4 Å². The maximum Gasteiger partial charge on any atom is 0.0208 e. The minimum atomic E-state index is 0.983. The third-order valence-electron chi connectivity index (χ3n) is 2.33. The minimum Gasteiger partial charge on any atom is -0.319 e. The summed E-state index contributed by atoms with van der Waals surface area (Å²) in [6.07, 6.45) is 1.11. The summed E-state index contributed by atoms with van der Waals surface area (Å²) in [6.45, 7) is 5.19. The highest BCUT2D eigenvalue weighted by Crippen LogP contribution is 2.08. The lowest BCUT2D eigenvalue weighted by molar-refractivity contribution is 0.712. The highest BCUT2D eigenvalue weighted by Gasteiger charge is 1.99. The zero-order valence-electron chi connectivity index (χ0n) is 9.14. The van der Waals surface area contributed by atoms with E-state index in [1.807, 2.05) is 7.05 Å². The Hall–Kier alpha value is -0.860. The zero-order valence-corrected chi connectivity index (χ0v) is 9.14. The molecular formula is C12H20N2. The van der Waals surface area contributed by atoms with Crippen LogP contribution in [-0.2, 0) is 13.0 Å². The van der Waals surface area contributed by atoms with Crippen molar-refractivity contribution in [1.29, 1.82) is 0 Å². The van der Waals surface area contributed by atoms with E-state index in [0.717, 1.165) is 26.1 Å². The molecule has 78 valence electrons. The molecule has 1 aromatic carbocycles. The van der Waals surface area contributed by atoms with Crippen molar-refractivity contribution in [3.63, 3.8) is 0 Å². The molecule has 0 aliphatic rings. The quantitative estimate of drug-likeness (QED) is 0.714. The Balaban J connectivity index is 2.60. The predicted molar refractivity (Wildman–Crippen MR) is 61.5 cm³/mol. The maximum absolute atomic E-state index is 3.36. The monoisotopic (exact) mass is 192 g/mol. The molecule has 1 aromatic rings. The molecule has 0 bridgehead atoms. The molecule has 0 aliphatic carbocycles. The summed E-state index contributed by atoms with van der Waals surface area (Å²) in [5, 5.41) is 6.54. The molecule has 0 saturated heterocycles. The maximum atomic E-state index is 3.36. The number of likely N-dealkylation sites (N-methyl/N-ethyl adjacent to an activating group) is 1. The molecule has 2 nitrogen and oxygen atoms in total. The van der Waals surface area contributed by atoms with Gasteiger partial charge in [0.1, 0.15) is 0 Å². The number of nitrogens with one attached hydrogen (secondary N) is 2. The third kappa shape index (κ3) is 3.48. The molecule has 0 radical (unpaired) electrons. The van der Waals surface area contributed by atoms with Gasteiger partial charge in [0, 0.05) is 6.54 Å². The fourth-order valence-corrected chi connectivity index (χ4v) is 1.49. The fourth-order valence-electron chi connectivity index (χ4n) is 1.49. The van der Waals surface area contributed by atoms with Gasteiger partial charge in [-0.2, -0.15) is 0 Å². The van der Waals surface area contributed by atoms with Gasteiger partial charge >= 0.3 is 0 Å². The lowest BCUT2D eigenvalue weighted by Gasteiger charge is -2.09. The smallest absolute Gasteiger partial charge is 0.0208 e. The lowest BCUT2D eigenvalue weighted by Crippen LogP contribution is -2.15. The van der Waals surface area contributed by atoms with Crippen LogP contribution in [-0.4, -0.2) is 20.1 Å². The summed E-state index contributed by atoms with van der Waals surface area (Å²) in [7, 11) is 1.99. The van der Waals surface area contributed by atoms with Crippen LogP contribution in [0.15, 0.2) is 24.3 Å². The Morgan fingerprint density at radius 3 is 2.50 bits per heavy atom. The van der Waals surface area contributed by atoms with E-state index in [2.05, 4.69) is 41.8 Å². The summed E-state index contributed by atoms with van der Waals surface area (Å²) in [6, 6.07) is 8.63. The molecule has 2 heteroatoms. The van der Waals surface area contributed by atoms with Crippen LogP contribution in [0.3, 0.4) is 0 Å². The first-order valence-corrected chi connectivity index (χ1v) is 5.30. The Morgan fingerprint density at radius 1 is 1.14 bits per heavy atom. The van der Waals surface area contributed by atoms with E-state index in [0.29, 0.717) is 0 Å². The number of benzene rings is 1. The molecule has 2 N–H and O–H groups in total. The highest BCUT2D eigenvalue weighted by atomic mass is 14.8. The van der Waals surface area contributed by atoms with Crippen LogP contribution >= 0.6 is 0 Å². The Morgan fingerprint density at radius 2 is 1.86 bits per heavy atom. The molecule has 0 saturated carbocycles. The van der Waals surface area contributed by atoms with Crippen molar-refractivity contribution in [2.24, 2.45) is 0 Å². The Bertz CT molecular complexity index is 231. The fraction of sp³-hybridized carbons (Fsp3) is 0.500. The van der Waals surface area contributed by atoms with Crippen LogP contribution in [0.1, 0.15) is 18.1 Å². The first-order chi connectivity index (χ1) is 6.88. The number of hydrogen-bond donors (Lipinski definition) is 2. The van der Waals surface area contributed by atoms with E-state index < -0.39 is 0 Å². The third-order valence-corrected chi connectivity index (χ3v) is 2.33. The second-order valence-electron chi connectivity index (χ2n) is 3.40. The predicted octanol–water partition coefficient (Wildman–Crippen LogP) is 1.56. The van der Waals surface area contributed by atoms with Crippen LogP contribution in [0.5, 0.6) is 0 Å². The van der Waals surface area contributed by atoms with Crippen molar-refractivity contribution in [3.8, 4) is 0 Å². The molecule has 0 spiro atoms. The van der Waals surface area contributed by atoms with Gasteiger partial charge in [0.2, 0.25) is 0 Å². The van der Waals surface area contributed by atoms with Gasteiger partial charge in [-0.3, -0.25) is 0 Å². The van der Waals surface area contributed by atoms with E-state index in [-0.39, 0.29) is 0 Å². The Kier molecular flexibility index (Phi) is 5.27. The minimum absolute atomic E-state index is 0.983. The molecule has 0 unspecified atom stereocenters. The molecule has 0 heterocycles. The SMILES string of the molecule is CCNCc1ccccc1CCNC. The van der Waals surface area contributed by atoms with Gasteiger partial charge < -0.3 is 10.6 Å². The molecule has 0 fully saturated rings. The summed E-state index contributed by atoms with van der Waals surface area (Å²) < 4.78 is 0. The standard InChI is InChI=1S/C12H20N2/c1-3-14-10-12-7-5-4-6-11(12)8-9-13-2/h4-7,13-14H,3,8-10H2,1-2H3. The largest absolute Gasteiger partial charge is 0.319 e. The van der Waals surface area contributed by atoms with E-state index in [9.17, 15) is 0 Å². The van der Waals surface area contributed by atoms with Gasteiger partial charge in [0.15, 0.2) is 0 Å². The van der Waals surface area contributed by atoms with Gasteiger partial charge in [0.25, 0.3) is 0 Å². The molecule has 0 aromatic heterocycles. The lowest BCUT2D eigenvalue weighted by atomic mass is 10.0. The molecule has 14 heavy (non-hydrogen) atoms. The van der Waals surface area contributed by atoms with Crippen molar-refractivity contribution in [1.82, 2.24) is 10.6 Å². The van der Waals surface area contributed by atoms with Gasteiger partial charge in [-0.25, -0.2) is 0 Å². The van der Waals surface area contributed by atoms with Crippen LogP contribution in [0.2, 0.25) is 0 Å². The number of hydrogen-bond acceptors (Lipinski definition) is 2. The van der Waals surface area contributed by atoms with Crippen LogP contribution in [0.25, 0.3) is 0 Å². The second kappa shape index (κ2) is 6.57. The van der Waals surface area contributed by atoms with Gasteiger partial charge in [0.05, 0.1) is 0 Å². The van der Waals surface area contributed by atoms with E-state index in [4.69, 9.17) is 0 Å². The van der Waals surface area contributed by atoms with E-state index in [1.54, 1.807) is 0 Å². The van der Waals surface area contributed by atoms with Gasteiger partial charge in [-0.05, 0) is 37.7 Å². The molecule has 0 atom stereocenters. The summed E-state index contributed by atoms with van der Waals surface area (Å²) >= 11 is 0. The topological polar surface area (TPSA) is 24.1 Å². The normalized spacial score (nSPS) is 10.4. The first-order valence-electron chi connectivity index (χ1n) is 5.30. The Labute approximate surface area is 86.7 Å². The second-order valence-corrected chi connectivity index (χ2v) is 3.40. The van der Waals surface area contributed by atoms with Crippen LogP contribution < -0.4 is 10.6 Å². The van der Waals surface area contributed by atoms with Crippen molar-refractivity contribution >= 4 is 0 Å². The van der Waals surface area contributed by atoms with Crippen molar-refractivity contribution < 1.29 is 0 Å². The van der Waals surface area contributed by atoms with Crippen molar-refractivity contribution in [2.75, 3.05) is 20.1 Å². The van der Waals surface area contributed by atoms with Gasteiger partial charge in [-0.1, -0.05) is 31.2 Å². The average Bonchev–Trinajstić information content (AvgIpc) is 2.24. The van der Waals surface area contributed by atoms with Gasteiger partial charge in [-0.15, -0.1) is 0 Å².